The lowest BCUT2D eigenvalue weighted by Gasteiger charge is -2.29. The second-order valence-electron chi connectivity index (χ2n) is 6.63. The van der Waals surface area contributed by atoms with Crippen molar-refractivity contribution in [1.29, 1.82) is 0 Å². The fourth-order valence-electron chi connectivity index (χ4n) is 3.40. The summed E-state index contributed by atoms with van der Waals surface area (Å²) in [4.78, 5) is 0. The van der Waals surface area contributed by atoms with Crippen molar-refractivity contribution in [3.05, 3.63) is 24.3 Å². The molecule has 1 atom stereocenters. The van der Waals surface area contributed by atoms with Gasteiger partial charge in [0.15, 0.2) is 0 Å². The quantitative estimate of drug-likeness (QED) is 0.787. The van der Waals surface area contributed by atoms with Crippen LogP contribution in [0.15, 0.2) is 24.3 Å². The maximum absolute atomic E-state index is 6.00. The molecule has 2 fully saturated rings. The van der Waals surface area contributed by atoms with E-state index >= 15 is 0 Å². The molecule has 1 aromatic carbocycles. The number of benzene rings is 1. The Morgan fingerprint density at radius 2 is 1.75 bits per heavy atom. The molecule has 2 aliphatic carbocycles. The average Bonchev–Trinajstić information content (AvgIpc) is 2.89. The van der Waals surface area contributed by atoms with Crippen molar-refractivity contribution in [2.45, 2.75) is 70.4 Å². The van der Waals surface area contributed by atoms with Gasteiger partial charge in [-0.3, -0.25) is 0 Å². The van der Waals surface area contributed by atoms with E-state index in [9.17, 15) is 0 Å². The number of ether oxygens (including phenoxy) is 1. The molecular weight excluding hydrogens is 246 g/mol. The molecular formula is C18H27NO. The predicted molar refractivity (Wildman–Crippen MR) is 84.4 cm³/mol. The molecule has 0 bridgehead atoms. The molecule has 1 N–H and O–H groups in total. The van der Waals surface area contributed by atoms with Crippen LogP contribution in [0.2, 0.25) is 0 Å². The van der Waals surface area contributed by atoms with Gasteiger partial charge in [0.05, 0.1) is 6.10 Å². The predicted octanol–water partition coefficient (Wildman–Crippen LogP) is 5.00. The van der Waals surface area contributed by atoms with Crippen molar-refractivity contribution in [2.24, 2.45) is 5.92 Å². The van der Waals surface area contributed by atoms with Crippen LogP contribution in [0.1, 0.15) is 58.3 Å². The SMILES string of the molecule is CC(CC1CCC1)Nc1ccc(OC2CCCC2)cc1. The molecule has 3 rings (SSSR count). The molecule has 20 heavy (non-hydrogen) atoms. The third-order valence-corrected chi connectivity index (χ3v) is 4.78. The summed E-state index contributed by atoms with van der Waals surface area (Å²) in [5, 5.41) is 3.61. The molecule has 0 heterocycles. The summed E-state index contributed by atoms with van der Waals surface area (Å²) in [6.07, 6.45) is 11.1. The zero-order valence-corrected chi connectivity index (χ0v) is 12.6. The van der Waals surface area contributed by atoms with Crippen molar-refractivity contribution in [2.75, 3.05) is 5.32 Å². The number of nitrogens with one attached hydrogen (secondary N) is 1. The molecule has 2 heteroatoms. The van der Waals surface area contributed by atoms with Gasteiger partial charge in [0.2, 0.25) is 0 Å². The second-order valence-corrected chi connectivity index (χ2v) is 6.63. The van der Waals surface area contributed by atoms with Crippen molar-refractivity contribution in [3.8, 4) is 5.75 Å². The van der Waals surface area contributed by atoms with Crippen LogP contribution in [-0.2, 0) is 0 Å². The standard InChI is InChI=1S/C18H27NO/c1-14(13-15-5-4-6-15)19-16-9-11-18(12-10-16)20-17-7-2-3-8-17/h9-12,14-15,17,19H,2-8,13H2,1H3. The highest BCUT2D eigenvalue weighted by Crippen LogP contribution is 2.31. The molecule has 110 valence electrons. The third-order valence-electron chi connectivity index (χ3n) is 4.78. The molecule has 0 radical (unpaired) electrons. The van der Waals surface area contributed by atoms with Gasteiger partial charge in [-0.05, 0) is 69.2 Å². The van der Waals surface area contributed by atoms with E-state index in [0.29, 0.717) is 12.1 Å². The monoisotopic (exact) mass is 273 g/mol. The van der Waals surface area contributed by atoms with Crippen LogP contribution in [0.25, 0.3) is 0 Å². The summed E-state index contributed by atoms with van der Waals surface area (Å²) < 4.78 is 6.00. The second kappa shape index (κ2) is 6.51. The number of hydrogen-bond donors (Lipinski definition) is 1. The van der Waals surface area contributed by atoms with Gasteiger partial charge in [-0.2, -0.15) is 0 Å². The van der Waals surface area contributed by atoms with Crippen molar-refractivity contribution in [3.63, 3.8) is 0 Å². The Kier molecular flexibility index (Phi) is 4.49. The van der Waals surface area contributed by atoms with E-state index in [1.807, 2.05) is 0 Å². The molecule has 1 unspecified atom stereocenters. The van der Waals surface area contributed by atoms with E-state index in [-0.39, 0.29) is 0 Å². The smallest absolute Gasteiger partial charge is 0.119 e. The molecule has 0 aromatic heterocycles. The Hall–Kier alpha value is -1.18. The highest BCUT2D eigenvalue weighted by atomic mass is 16.5. The molecule has 1 aromatic rings. The summed E-state index contributed by atoms with van der Waals surface area (Å²) >= 11 is 0. The first-order valence-corrected chi connectivity index (χ1v) is 8.33. The largest absolute Gasteiger partial charge is 0.490 e. The lowest BCUT2D eigenvalue weighted by atomic mass is 9.81. The fourth-order valence-corrected chi connectivity index (χ4v) is 3.40. The van der Waals surface area contributed by atoms with E-state index in [4.69, 9.17) is 4.74 Å². The third kappa shape index (κ3) is 3.68. The number of rotatable bonds is 6. The Bertz CT molecular complexity index is 404. The van der Waals surface area contributed by atoms with Gasteiger partial charge in [-0.15, -0.1) is 0 Å². The van der Waals surface area contributed by atoms with Gasteiger partial charge >= 0.3 is 0 Å². The number of hydrogen-bond acceptors (Lipinski definition) is 2. The summed E-state index contributed by atoms with van der Waals surface area (Å²) in [7, 11) is 0. The van der Waals surface area contributed by atoms with Crippen LogP contribution in [0.5, 0.6) is 5.75 Å². The topological polar surface area (TPSA) is 21.3 Å². The minimum atomic E-state index is 0.450. The Labute approximate surface area is 122 Å². The summed E-state index contributed by atoms with van der Waals surface area (Å²) in [5.74, 6) is 1.98. The van der Waals surface area contributed by atoms with Gasteiger partial charge < -0.3 is 10.1 Å². The van der Waals surface area contributed by atoms with Crippen molar-refractivity contribution >= 4 is 5.69 Å². The summed E-state index contributed by atoms with van der Waals surface area (Å²) in [6.45, 7) is 2.29. The first-order chi connectivity index (χ1) is 9.79. The molecule has 0 spiro atoms. The van der Waals surface area contributed by atoms with Crippen LogP contribution < -0.4 is 10.1 Å². The molecule has 2 aliphatic rings. The van der Waals surface area contributed by atoms with E-state index in [1.165, 1.54) is 57.1 Å². The van der Waals surface area contributed by atoms with E-state index in [0.717, 1.165) is 11.7 Å². The van der Waals surface area contributed by atoms with Crippen LogP contribution in [0.4, 0.5) is 5.69 Å². The van der Waals surface area contributed by atoms with E-state index in [2.05, 4.69) is 36.5 Å². The Morgan fingerprint density at radius 1 is 1.05 bits per heavy atom. The number of anilines is 1. The molecule has 2 saturated carbocycles. The van der Waals surface area contributed by atoms with Gasteiger partial charge in [-0.1, -0.05) is 19.3 Å². The Morgan fingerprint density at radius 3 is 2.35 bits per heavy atom. The highest BCUT2D eigenvalue weighted by molar-refractivity contribution is 5.47. The van der Waals surface area contributed by atoms with Crippen molar-refractivity contribution < 1.29 is 4.74 Å². The van der Waals surface area contributed by atoms with Crippen LogP contribution in [0.3, 0.4) is 0 Å². The van der Waals surface area contributed by atoms with Crippen molar-refractivity contribution in [1.82, 2.24) is 0 Å². The van der Waals surface area contributed by atoms with Gasteiger partial charge in [0, 0.05) is 11.7 Å². The minimum absolute atomic E-state index is 0.450. The van der Waals surface area contributed by atoms with Crippen LogP contribution >= 0.6 is 0 Å². The summed E-state index contributed by atoms with van der Waals surface area (Å²) in [6, 6.07) is 9.10. The highest BCUT2D eigenvalue weighted by Gasteiger charge is 2.20. The van der Waals surface area contributed by atoms with Gasteiger partial charge in [-0.25, -0.2) is 0 Å². The normalized spacial score (nSPS) is 21.4. The first-order valence-electron chi connectivity index (χ1n) is 8.33. The minimum Gasteiger partial charge on any atom is -0.490 e. The summed E-state index contributed by atoms with van der Waals surface area (Å²) in [5.41, 5.74) is 1.22. The van der Waals surface area contributed by atoms with E-state index < -0.39 is 0 Å². The van der Waals surface area contributed by atoms with E-state index in [1.54, 1.807) is 0 Å². The van der Waals surface area contributed by atoms with Crippen LogP contribution in [0, 0.1) is 5.92 Å². The van der Waals surface area contributed by atoms with Crippen LogP contribution in [-0.4, -0.2) is 12.1 Å². The first kappa shape index (κ1) is 13.8. The zero-order chi connectivity index (χ0) is 13.8. The lowest BCUT2D eigenvalue weighted by molar-refractivity contribution is 0.210. The average molecular weight is 273 g/mol. The molecule has 0 aliphatic heterocycles. The molecule has 0 amide bonds. The fraction of sp³-hybridized carbons (Fsp3) is 0.667. The molecule has 0 saturated heterocycles. The lowest BCUT2D eigenvalue weighted by Crippen LogP contribution is -2.23. The van der Waals surface area contributed by atoms with Gasteiger partial charge in [0.25, 0.3) is 0 Å². The maximum Gasteiger partial charge on any atom is 0.119 e. The zero-order valence-electron chi connectivity index (χ0n) is 12.6. The Balaban J connectivity index is 1.47. The van der Waals surface area contributed by atoms with Gasteiger partial charge in [0.1, 0.15) is 5.75 Å². The maximum atomic E-state index is 6.00. The molecule has 2 nitrogen and oxygen atoms in total.